The zero-order valence-corrected chi connectivity index (χ0v) is 27.3. The highest BCUT2D eigenvalue weighted by Gasteiger charge is 2.33. The van der Waals surface area contributed by atoms with Gasteiger partial charge in [-0.05, 0) is 80.8 Å². The first-order valence-electron chi connectivity index (χ1n) is 14.3. The van der Waals surface area contributed by atoms with E-state index in [1.54, 1.807) is 54.6 Å². The molecule has 11 heteroatoms. The van der Waals surface area contributed by atoms with Crippen LogP contribution < -0.4 is 14.4 Å². The van der Waals surface area contributed by atoms with E-state index >= 15 is 0 Å². The van der Waals surface area contributed by atoms with Crippen LogP contribution in [-0.4, -0.2) is 50.9 Å². The molecule has 0 fully saturated rings. The molecule has 43 heavy (non-hydrogen) atoms. The molecule has 0 heterocycles. The molecule has 0 saturated carbocycles. The van der Waals surface area contributed by atoms with E-state index in [0.717, 1.165) is 22.7 Å². The second kappa shape index (κ2) is 16.0. The predicted octanol–water partition coefficient (Wildman–Crippen LogP) is 6.62. The van der Waals surface area contributed by atoms with E-state index < -0.39 is 28.5 Å². The maximum absolute atomic E-state index is 14.2. The molecule has 8 nitrogen and oxygen atoms in total. The minimum atomic E-state index is -4.17. The van der Waals surface area contributed by atoms with Crippen molar-refractivity contribution in [3.63, 3.8) is 0 Å². The molecule has 3 rings (SSSR count). The molecule has 3 aromatic rings. The lowest BCUT2D eigenvalue weighted by atomic mass is 10.1. The Morgan fingerprint density at radius 1 is 0.930 bits per heavy atom. The van der Waals surface area contributed by atoms with Gasteiger partial charge in [-0.3, -0.25) is 13.9 Å². The summed E-state index contributed by atoms with van der Waals surface area (Å²) in [6.07, 6.45) is 2.01. The van der Waals surface area contributed by atoms with Crippen molar-refractivity contribution in [2.45, 2.75) is 64.4 Å². The first kappa shape index (κ1) is 34.2. The summed E-state index contributed by atoms with van der Waals surface area (Å²) in [5.41, 5.74) is 1.83. The molecular formula is C32H39Cl2N3O5S. The maximum atomic E-state index is 14.2. The van der Waals surface area contributed by atoms with Crippen molar-refractivity contribution in [2.75, 3.05) is 24.0 Å². The summed E-state index contributed by atoms with van der Waals surface area (Å²) >= 11 is 12.4. The number of halogens is 2. The SMILES string of the molecule is CCCCNC(=O)C(CC)N(Cc1ccc(Cl)c(Cl)c1)C(=O)CN(c1ccc(OCC)cc1)S(=O)(=O)c1ccc(C)cc1. The van der Waals surface area contributed by atoms with E-state index in [-0.39, 0.29) is 23.0 Å². The van der Waals surface area contributed by atoms with Crippen LogP contribution in [0, 0.1) is 6.92 Å². The van der Waals surface area contributed by atoms with Crippen molar-refractivity contribution < 1.29 is 22.7 Å². The Hall–Kier alpha value is -3.27. The van der Waals surface area contributed by atoms with Gasteiger partial charge < -0.3 is 15.0 Å². The molecule has 0 spiro atoms. The highest BCUT2D eigenvalue weighted by molar-refractivity contribution is 7.92. The molecule has 1 atom stereocenters. The molecule has 0 aromatic heterocycles. The third-order valence-corrected chi connectivity index (χ3v) is 9.40. The Balaban J connectivity index is 2.05. The van der Waals surface area contributed by atoms with Crippen LogP contribution in [0.3, 0.4) is 0 Å². The average molecular weight is 649 g/mol. The summed E-state index contributed by atoms with van der Waals surface area (Å²) in [6.45, 7) is 7.96. The zero-order valence-electron chi connectivity index (χ0n) is 25.0. The van der Waals surface area contributed by atoms with E-state index in [2.05, 4.69) is 5.32 Å². The van der Waals surface area contributed by atoms with Crippen LogP contribution in [0.4, 0.5) is 5.69 Å². The summed E-state index contributed by atoms with van der Waals surface area (Å²) in [6, 6.07) is 17.1. The lowest BCUT2D eigenvalue weighted by Crippen LogP contribution is -2.52. The third-order valence-electron chi connectivity index (χ3n) is 6.88. The minimum absolute atomic E-state index is 0.0249. The molecule has 1 N–H and O–H groups in total. The summed E-state index contributed by atoms with van der Waals surface area (Å²) in [4.78, 5) is 28.9. The van der Waals surface area contributed by atoms with Gasteiger partial charge in [-0.15, -0.1) is 0 Å². The van der Waals surface area contributed by atoms with E-state index in [0.29, 0.717) is 40.9 Å². The summed E-state index contributed by atoms with van der Waals surface area (Å²) in [7, 11) is -4.17. The van der Waals surface area contributed by atoms with Crippen LogP contribution in [0.15, 0.2) is 71.6 Å². The number of nitrogens with zero attached hydrogens (tertiary/aromatic N) is 2. The lowest BCUT2D eigenvalue weighted by molar-refractivity contribution is -0.140. The van der Waals surface area contributed by atoms with Crippen molar-refractivity contribution in [3.05, 3.63) is 87.9 Å². The summed E-state index contributed by atoms with van der Waals surface area (Å²) in [5.74, 6) is -0.284. The molecule has 1 unspecified atom stereocenters. The Morgan fingerprint density at radius 2 is 1.60 bits per heavy atom. The lowest BCUT2D eigenvalue weighted by Gasteiger charge is -2.33. The second-order valence-corrected chi connectivity index (χ2v) is 12.8. The first-order chi connectivity index (χ1) is 20.5. The third kappa shape index (κ3) is 9.11. The first-order valence-corrected chi connectivity index (χ1v) is 16.5. The molecular weight excluding hydrogens is 609 g/mol. The van der Waals surface area contributed by atoms with E-state index in [4.69, 9.17) is 27.9 Å². The fraction of sp³-hybridized carbons (Fsp3) is 0.375. The van der Waals surface area contributed by atoms with Crippen LogP contribution >= 0.6 is 23.2 Å². The summed E-state index contributed by atoms with van der Waals surface area (Å²) < 4.78 is 34.6. The molecule has 3 aromatic carbocycles. The molecule has 2 amide bonds. The Labute approximate surface area is 265 Å². The highest BCUT2D eigenvalue weighted by Crippen LogP contribution is 2.28. The van der Waals surface area contributed by atoms with Gasteiger partial charge in [0, 0.05) is 13.1 Å². The standard InChI is InChI=1S/C32H39Cl2N3O5S/c1-5-8-19-35-32(39)30(6-2)36(21-24-11-18-28(33)29(34)20-24)31(38)22-37(25-12-14-26(15-13-25)42-7-3)43(40,41)27-16-9-23(4)10-17-27/h9-18,20,30H,5-8,19,21-22H2,1-4H3,(H,35,39). The molecule has 0 aliphatic heterocycles. The van der Waals surface area contributed by atoms with Crippen molar-refractivity contribution in [2.24, 2.45) is 0 Å². The fourth-order valence-electron chi connectivity index (χ4n) is 4.50. The number of carbonyl (C=O) groups is 2. The number of aryl methyl sites for hydroxylation is 1. The molecule has 0 radical (unpaired) electrons. The quantitative estimate of drug-likeness (QED) is 0.187. The number of carbonyl (C=O) groups excluding carboxylic acids is 2. The van der Waals surface area contributed by atoms with Crippen LogP contribution in [0.25, 0.3) is 0 Å². The number of rotatable bonds is 15. The number of unbranched alkanes of at least 4 members (excludes halogenated alkanes) is 1. The number of nitrogens with one attached hydrogen (secondary N) is 1. The van der Waals surface area contributed by atoms with Crippen LogP contribution in [0.2, 0.25) is 10.0 Å². The van der Waals surface area contributed by atoms with E-state index in [9.17, 15) is 18.0 Å². The largest absolute Gasteiger partial charge is 0.494 e. The fourth-order valence-corrected chi connectivity index (χ4v) is 6.24. The monoisotopic (exact) mass is 647 g/mol. The topological polar surface area (TPSA) is 96.0 Å². The van der Waals surface area contributed by atoms with Gasteiger partial charge in [-0.1, -0.05) is 67.2 Å². The van der Waals surface area contributed by atoms with Gasteiger partial charge in [-0.25, -0.2) is 8.42 Å². The molecule has 0 aliphatic rings. The van der Waals surface area contributed by atoms with Crippen LogP contribution in [0.5, 0.6) is 5.75 Å². The average Bonchev–Trinajstić information content (AvgIpc) is 2.98. The smallest absolute Gasteiger partial charge is 0.264 e. The van der Waals surface area contributed by atoms with Crippen molar-refractivity contribution in [1.29, 1.82) is 0 Å². The van der Waals surface area contributed by atoms with Crippen molar-refractivity contribution in [1.82, 2.24) is 10.2 Å². The number of amides is 2. The molecule has 0 saturated heterocycles. The zero-order chi connectivity index (χ0) is 31.6. The normalized spacial score (nSPS) is 12.0. The van der Waals surface area contributed by atoms with Gasteiger partial charge in [0.2, 0.25) is 11.8 Å². The number of sulfonamides is 1. The van der Waals surface area contributed by atoms with Gasteiger partial charge in [0.15, 0.2) is 0 Å². The molecule has 0 bridgehead atoms. The Morgan fingerprint density at radius 3 is 2.19 bits per heavy atom. The van der Waals surface area contributed by atoms with Crippen LogP contribution in [0.1, 0.15) is 51.2 Å². The Bertz CT molecular complexity index is 1480. The number of hydrogen-bond acceptors (Lipinski definition) is 5. The van der Waals surface area contributed by atoms with E-state index in [1.807, 2.05) is 27.7 Å². The summed E-state index contributed by atoms with van der Waals surface area (Å²) in [5, 5.41) is 3.58. The molecule has 0 aliphatic carbocycles. The van der Waals surface area contributed by atoms with Crippen LogP contribution in [-0.2, 0) is 26.2 Å². The van der Waals surface area contributed by atoms with Crippen molar-refractivity contribution >= 4 is 50.7 Å². The van der Waals surface area contributed by atoms with Gasteiger partial charge in [-0.2, -0.15) is 0 Å². The Kier molecular flexibility index (Phi) is 12.7. The van der Waals surface area contributed by atoms with Gasteiger partial charge in [0.25, 0.3) is 10.0 Å². The number of anilines is 1. The van der Waals surface area contributed by atoms with Gasteiger partial charge in [0.1, 0.15) is 18.3 Å². The minimum Gasteiger partial charge on any atom is -0.494 e. The number of benzene rings is 3. The number of hydrogen-bond donors (Lipinski definition) is 1. The predicted molar refractivity (Wildman–Crippen MR) is 172 cm³/mol. The van der Waals surface area contributed by atoms with E-state index in [1.165, 1.54) is 17.0 Å². The second-order valence-electron chi connectivity index (χ2n) is 10.1. The highest BCUT2D eigenvalue weighted by atomic mass is 35.5. The van der Waals surface area contributed by atoms with Crippen molar-refractivity contribution in [3.8, 4) is 5.75 Å². The maximum Gasteiger partial charge on any atom is 0.264 e. The number of ether oxygens (including phenoxy) is 1. The molecule has 232 valence electrons. The van der Waals surface area contributed by atoms with Gasteiger partial charge in [0.05, 0.1) is 27.2 Å². The van der Waals surface area contributed by atoms with Gasteiger partial charge >= 0.3 is 0 Å².